The molecule has 3 heteroatoms. The van der Waals surface area contributed by atoms with Gasteiger partial charge in [0, 0.05) is 36.1 Å². The van der Waals surface area contributed by atoms with Crippen LogP contribution in [0.1, 0.15) is 90.2 Å². The van der Waals surface area contributed by atoms with Gasteiger partial charge in [0.1, 0.15) is 0 Å². The quantitative estimate of drug-likeness (QED) is 0.439. The van der Waals surface area contributed by atoms with Crippen LogP contribution in [0.2, 0.25) is 0 Å². The fourth-order valence-electron chi connectivity index (χ4n) is 6.35. The Morgan fingerprint density at radius 3 is 2.65 bits per heavy atom. The Balaban J connectivity index is 1.53. The van der Waals surface area contributed by atoms with Gasteiger partial charge in [0.15, 0.2) is 0 Å². The van der Waals surface area contributed by atoms with Crippen LogP contribution in [0.4, 0.5) is 5.69 Å². The van der Waals surface area contributed by atoms with E-state index in [0.29, 0.717) is 12.0 Å². The second-order valence-electron chi connectivity index (χ2n) is 11.5. The lowest BCUT2D eigenvalue weighted by atomic mass is 9.70. The van der Waals surface area contributed by atoms with E-state index in [0.717, 1.165) is 25.2 Å². The number of hydrogen-bond acceptors (Lipinski definition) is 3. The van der Waals surface area contributed by atoms with Crippen LogP contribution in [0.5, 0.6) is 0 Å². The van der Waals surface area contributed by atoms with Crippen molar-refractivity contribution in [3.05, 3.63) is 93.3 Å². The fourth-order valence-corrected chi connectivity index (χ4v) is 6.35. The standard InChI is InChI=1S/C31H39N3/c1-20-10-14-25(21(2)30(20)32)29(31(3,4)5)23-12-11-22-13-15-28(26(22)18-23)34-17-7-9-27-24(19-34)8-6-16-33-27/h6,8,10-12,14,16,18,28-29H,7,9,13,15,17,19,32H2,1-5H3. The smallest absolute Gasteiger partial charge is 0.0449 e. The first kappa shape index (κ1) is 23.1. The Morgan fingerprint density at radius 1 is 1.03 bits per heavy atom. The molecule has 0 radical (unpaired) electrons. The number of aromatic nitrogens is 1. The van der Waals surface area contributed by atoms with Crippen LogP contribution in [-0.4, -0.2) is 16.4 Å². The highest BCUT2D eigenvalue weighted by atomic mass is 15.2. The molecule has 1 aliphatic heterocycles. The number of fused-ring (bicyclic) bond motifs is 2. The van der Waals surface area contributed by atoms with Gasteiger partial charge in [0.05, 0.1) is 0 Å². The Bertz CT molecular complexity index is 1200. The average molecular weight is 454 g/mol. The van der Waals surface area contributed by atoms with Gasteiger partial charge in [-0.1, -0.05) is 57.2 Å². The summed E-state index contributed by atoms with van der Waals surface area (Å²) < 4.78 is 0. The summed E-state index contributed by atoms with van der Waals surface area (Å²) in [4.78, 5) is 7.38. The van der Waals surface area contributed by atoms with Crippen LogP contribution in [0, 0.1) is 19.3 Å². The van der Waals surface area contributed by atoms with E-state index < -0.39 is 0 Å². The first-order chi connectivity index (χ1) is 16.2. The predicted molar refractivity (Wildman–Crippen MR) is 142 cm³/mol. The summed E-state index contributed by atoms with van der Waals surface area (Å²) in [7, 11) is 0. The van der Waals surface area contributed by atoms with Gasteiger partial charge in [0.2, 0.25) is 0 Å². The number of aryl methyl sites for hydroxylation is 3. The minimum Gasteiger partial charge on any atom is -0.398 e. The summed E-state index contributed by atoms with van der Waals surface area (Å²) in [6.07, 6.45) is 6.60. The van der Waals surface area contributed by atoms with Gasteiger partial charge in [-0.25, -0.2) is 0 Å². The number of nitrogen functional groups attached to an aromatic ring is 1. The third-order valence-corrected chi connectivity index (χ3v) is 8.16. The second kappa shape index (κ2) is 8.85. The lowest BCUT2D eigenvalue weighted by molar-refractivity contribution is 0.190. The summed E-state index contributed by atoms with van der Waals surface area (Å²) in [5.41, 5.74) is 18.4. The average Bonchev–Trinajstić information content (AvgIpc) is 3.10. The molecule has 3 aromatic rings. The highest BCUT2D eigenvalue weighted by molar-refractivity contribution is 5.58. The SMILES string of the molecule is Cc1ccc(C(c2ccc3c(c2)C(N2CCCc4ncccc4C2)CC3)C(C)(C)C)c(C)c1N. The van der Waals surface area contributed by atoms with Crippen LogP contribution in [-0.2, 0) is 19.4 Å². The van der Waals surface area contributed by atoms with Crippen molar-refractivity contribution in [1.82, 2.24) is 9.88 Å². The number of nitrogens with two attached hydrogens (primary N) is 1. The molecule has 0 spiro atoms. The van der Waals surface area contributed by atoms with Crippen molar-refractivity contribution in [2.24, 2.45) is 5.41 Å². The summed E-state index contributed by atoms with van der Waals surface area (Å²) in [5, 5.41) is 0. The molecule has 0 saturated heterocycles. The van der Waals surface area contributed by atoms with E-state index in [9.17, 15) is 0 Å². The zero-order valence-corrected chi connectivity index (χ0v) is 21.5. The van der Waals surface area contributed by atoms with E-state index in [1.165, 1.54) is 63.9 Å². The van der Waals surface area contributed by atoms with E-state index in [2.05, 4.69) is 87.0 Å². The Kier molecular flexibility index (Phi) is 6.02. The molecule has 34 heavy (non-hydrogen) atoms. The summed E-state index contributed by atoms with van der Waals surface area (Å²) >= 11 is 0. The number of anilines is 1. The van der Waals surface area contributed by atoms with Crippen molar-refractivity contribution in [2.75, 3.05) is 12.3 Å². The van der Waals surface area contributed by atoms with E-state index in [4.69, 9.17) is 5.73 Å². The summed E-state index contributed by atoms with van der Waals surface area (Å²) in [5.74, 6) is 0.302. The van der Waals surface area contributed by atoms with E-state index in [-0.39, 0.29) is 5.41 Å². The molecule has 1 aliphatic carbocycles. The number of nitrogens with zero attached hydrogens (tertiary/aromatic N) is 2. The van der Waals surface area contributed by atoms with Crippen molar-refractivity contribution in [3.63, 3.8) is 0 Å². The molecule has 178 valence electrons. The van der Waals surface area contributed by atoms with Gasteiger partial charge in [0.25, 0.3) is 0 Å². The molecule has 2 aliphatic rings. The Hall–Kier alpha value is -2.65. The Labute approximate surface area is 205 Å². The van der Waals surface area contributed by atoms with E-state index in [1.807, 2.05) is 6.20 Å². The molecule has 2 N–H and O–H groups in total. The molecule has 3 nitrogen and oxygen atoms in total. The first-order valence-electron chi connectivity index (χ1n) is 12.9. The van der Waals surface area contributed by atoms with Crippen molar-refractivity contribution in [1.29, 1.82) is 0 Å². The molecule has 2 unspecified atom stereocenters. The van der Waals surface area contributed by atoms with Crippen LogP contribution in [0.3, 0.4) is 0 Å². The number of hydrogen-bond donors (Lipinski definition) is 1. The van der Waals surface area contributed by atoms with E-state index in [1.54, 1.807) is 0 Å². The molecular weight excluding hydrogens is 414 g/mol. The minimum atomic E-state index is 0.0853. The third kappa shape index (κ3) is 4.15. The predicted octanol–water partition coefficient (Wildman–Crippen LogP) is 6.89. The maximum Gasteiger partial charge on any atom is 0.0449 e. The van der Waals surface area contributed by atoms with Crippen molar-refractivity contribution in [2.45, 2.75) is 78.8 Å². The van der Waals surface area contributed by atoms with E-state index >= 15 is 0 Å². The molecule has 0 amide bonds. The molecule has 5 rings (SSSR count). The van der Waals surface area contributed by atoms with Gasteiger partial charge in [-0.3, -0.25) is 9.88 Å². The molecule has 0 saturated carbocycles. The Morgan fingerprint density at radius 2 is 1.85 bits per heavy atom. The van der Waals surface area contributed by atoms with Gasteiger partial charge >= 0.3 is 0 Å². The molecule has 0 bridgehead atoms. The van der Waals surface area contributed by atoms with Crippen LogP contribution in [0.15, 0.2) is 48.7 Å². The molecule has 0 fully saturated rings. The maximum absolute atomic E-state index is 6.49. The fraction of sp³-hybridized carbons (Fsp3) is 0.452. The molecule has 2 aromatic carbocycles. The van der Waals surface area contributed by atoms with Crippen molar-refractivity contribution < 1.29 is 0 Å². The molecular formula is C31H39N3. The van der Waals surface area contributed by atoms with Gasteiger partial charge in [-0.15, -0.1) is 0 Å². The zero-order valence-electron chi connectivity index (χ0n) is 21.5. The minimum absolute atomic E-state index is 0.0853. The lowest BCUT2D eigenvalue weighted by Gasteiger charge is -2.34. The largest absolute Gasteiger partial charge is 0.398 e. The van der Waals surface area contributed by atoms with Crippen molar-refractivity contribution in [3.8, 4) is 0 Å². The summed E-state index contributed by atoms with van der Waals surface area (Å²) in [6, 6.07) is 16.7. The lowest BCUT2D eigenvalue weighted by Crippen LogP contribution is -2.27. The first-order valence-corrected chi connectivity index (χ1v) is 12.9. The molecule has 2 heterocycles. The third-order valence-electron chi connectivity index (χ3n) is 8.16. The van der Waals surface area contributed by atoms with Gasteiger partial charge in [-0.2, -0.15) is 0 Å². The maximum atomic E-state index is 6.49. The number of rotatable bonds is 3. The zero-order chi connectivity index (χ0) is 24.0. The van der Waals surface area contributed by atoms with Crippen LogP contribution >= 0.6 is 0 Å². The second-order valence-corrected chi connectivity index (χ2v) is 11.5. The normalized spacial score (nSPS) is 19.4. The monoisotopic (exact) mass is 453 g/mol. The molecule has 1 aromatic heterocycles. The van der Waals surface area contributed by atoms with Crippen molar-refractivity contribution >= 4 is 5.69 Å². The highest BCUT2D eigenvalue weighted by Crippen LogP contribution is 2.46. The number of benzene rings is 2. The van der Waals surface area contributed by atoms with Gasteiger partial charge < -0.3 is 5.73 Å². The van der Waals surface area contributed by atoms with Crippen LogP contribution in [0.25, 0.3) is 0 Å². The van der Waals surface area contributed by atoms with Crippen LogP contribution < -0.4 is 5.73 Å². The highest BCUT2D eigenvalue weighted by Gasteiger charge is 2.34. The topological polar surface area (TPSA) is 42.2 Å². The number of pyridine rings is 1. The molecule has 2 atom stereocenters. The summed E-state index contributed by atoms with van der Waals surface area (Å²) in [6.45, 7) is 13.5. The van der Waals surface area contributed by atoms with Gasteiger partial charge in [-0.05, 0) is 96.5 Å².